The number of pyridine rings is 1. The van der Waals surface area contributed by atoms with Crippen molar-refractivity contribution in [3.8, 4) is 0 Å². The molecular weight excluding hydrogens is 642 g/mol. The number of nitrogens with zero attached hydrogens (tertiary/aromatic N) is 6. The summed E-state index contributed by atoms with van der Waals surface area (Å²) in [6, 6.07) is 1.48. The highest BCUT2D eigenvalue weighted by Gasteiger charge is 2.46. The van der Waals surface area contributed by atoms with Crippen molar-refractivity contribution in [2.75, 3.05) is 44.3 Å². The predicted molar refractivity (Wildman–Crippen MR) is 176 cm³/mol. The van der Waals surface area contributed by atoms with Gasteiger partial charge in [0.1, 0.15) is 11.3 Å². The second-order valence-electron chi connectivity index (χ2n) is 14.0. The molecule has 15 heteroatoms. The molecule has 44 heavy (non-hydrogen) atoms. The normalized spacial score (nSPS) is 21.5. The zero-order valence-electron chi connectivity index (χ0n) is 26.2. The molecule has 2 aromatic heterocycles. The first kappa shape index (κ1) is 32.8. The van der Waals surface area contributed by atoms with Crippen LogP contribution in [0.4, 0.5) is 15.0 Å². The molecule has 2 unspecified atom stereocenters. The average Bonchev–Trinajstić information content (AvgIpc) is 3.46. The third-order valence-electron chi connectivity index (χ3n) is 7.91. The lowest BCUT2D eigenvalue weighted by molar-refractivity contribution is -0.0204. The Balaban J connectivity index is 1.46. The molecule has 3 aliphatic heterocycles. The summed E-state index contributed by atoms with van der Waals surface area (Å²) in [5.74, 6) is 1.19. The molecule has 0 saturated carbocycles. The third kappa shape index (κ3) is 7.60. The van der Waals surface area contributed by atoms with Crippen molar-refractivity contribution < 1.29 is 23.4 Å². The molecule has 240 valence electrons. The number of hydrogen-bond donors (Lipinski definition) is 0. The Morgan fingerprint density at radius 3 is 2.23 bits per heavy atom. The van der Waals surface area contributed by atoms with Crippen LogP contribution < -0.4 is 4.90 Å². The van der Waals surface area contributed by atoms with E-state index in [2.05, 4.69) is 64.0 Å². The quantitative estimate of drug-likeness (QED) is 0.126. The molecule has 2 bridgehead atoms. The van der Waals surface area contributed by atoms with E-state index in [9.17, 15) is 9.18 Å². The smallest absolute Gasteiger partial charge is 0.409 e. The Morgan fingerprint density at radius 2 is 1.64 bits per heavy atom. The minimum Gasteiger partial charge on any atom is -0.477 e. The number of fused-ring (bicyclic) bond motifs is 3. The second-order valence-corrected chi connectivity index (χ2v) is 25.9. The van der Waals surface area contributed by atoms with Gasteiger partial charge >= 0.3 is 6.09 Å². The van der Waals surface area contributed by atoms with E-state index in [1.165, 1.54) is 6.20 Å². The average molecular weight is 684 g/mol. The predicted octanol–water partition coefficient (Wildman–Crippen LogP) is 6.58. The van der Waals surface area contributed by atoms with Gasteiger partial charge in [0, 0.05) is 54.9 Å². The Kier molecular flexibility index (Phi) is 9.69. The van der Waals surface area contributed by atoms with Crippen LogP contribution in [-0.2, 0) is 14.2 Å². The first-order valence-electron chi connectivity index (χ1n) is 15.0. The maximum atomic E-state index is 14.9. The van der Waals surface area contributed by atoms with Crippen molar-refractivity contribution in [1.29, 1.82) is 0 Å². The molecule has 2 aromatic rings. The van der Waals surface area contributed by atoms with Crippen LogP contribution >= 0.6 is 23.2 Å². The molecular formula is C29H41Cl2FN6O4Si2. The van der Waals surface area contributed by atoms with Gasteiger partial charge in [0.25, 0.3) is 0 Å². The number of carbonyl (C=O) groups is 1. The molecule has 0 spiro atoms. The zero-order valence-corrected chi connectivity index (χ0v) is 29.7. The molecule has 0 N–H and O–H groups in total. The molecule has 2 saturated heterocycles. The molecule has 0 aromatic carbocycles. The summed E-state index contributed by atoms with van der Waals surface area (Å²) in [5, 5.41) is 0.0515. The van der Waals surface area contributed by atoms with Gasteiger partial charge in [-0.05, 0) is 29.8 Å². The number of anilines is 1. The fourth-order valence-electron chi connectivity index (χ4n) is 5.58. The number of rotatable bonds is 9. The summed E-state index contributed by atoms with van der Waals surface area (Å²) in [7, 11) is -2.72. The lowest BCUT2D eigenvalue weighted by Gasteiger charge is -2.54. The van der Waals surface area contributed by atoms with Gasteiger partial charge in [-0.15, -0.1) is 0 Å². The van der Waals surface area contributed by atoms with Crippen molar-refractivity contribution in [2.45, 2.75) is 69.9 Å². The SMILES string of the molecule is C[Si](C)(C)CCOC(=O)N1CC2CN(c3nc(Cl)nc4c(F)c(Cl)ncc34)CC(C1)N2C(OCC[Si](C)(C)C)=C1CC=CO1. The highest BCUT2D eigenvalue weighted by atomic mass is 35.5. The molecule has 2 fully saturated rings. The van der Waals surface area contributed by atoms with E-state index in [-0.39, 0.29) is 34.1 Å². The van der Waals surface area contributed by atoms with Gasteiger partial charge in [-0.25, -0.2) is 19.2 Å². The van der Waals surface area contributed by atoms with E-state index in [0.717, 1.165) is 17.8 Å². The minimum absolute atomic E-state index is 0.0168. The lowest BCUT2D eigenvalue weighted by atomic mass is 9.99. The highest BCUT2D eigenvalue weighted by Crippen LogP contribution is 2.36. The number of carbonyl (C=O) groups excluding carboxylic acids is 1. The van der Waals surface area contributed by atoms with E-state index in [4.69, 9.17) is 37.4 Å². The maximum absolute atomic E-state index is 14.9. The fourth-order valence-corrected chi connectivity index (χ4v) is 7.31. The fraction of sp³-hybridized carbons (Fsp3) is 0.586. The second kappa shape index (κ2) is 13.0. The van der Waals surface area contributed by atoms with Crippen molar-refractivity contribution in [1.82, 2.24) is 24.8 Å². The van der Waals surface area contributed by atoms with Gasteiger partial charge in [0.05, 0.1) is 36.9 Å². The standard InChI is InChI=1S/C29H41Cl2FN6O4Si2/c1-43(2,3)12-10-41-27(22-8-7-9-40-22)38-19-15-36(26-21-14-33-25(30)23(32)24(21)34-28(31)35-26)16-20(38)18-37(17-19)29(39)42-11-13-44(4,5)6/h7,9,14,19-20H,8,10-13,15-18H2,1-6H3. The first-order chi connectivity index (χ1) is 20.7. The van der Waals surface area contributed by atoms with E-state index < -0.39 is 22.0 Å². The number of halogens is 3. The molecule has 5 heterocycles. The van der Waals surface area contributed by atoms with Gasteiger partial charge in [-0.1, -0.05) is 50.9 Å². The van der Waals surface area contributed by atoms with Gasteiger partial charge in [0.15, 0.2) is 16.7 Å². The number of allylic oxidation sites excluding steroid dienone is 1. The molecule has 10 nitrogen and oxygen atoms in total. The van der Waals surface area contributed by atoms with Gasteiger partial charge in [-0.3, -0.25) is 0 Å². The number of aromatic nitrogens is 3. The van der Waals surface area contributed by atoms with Crippen LogP contribution in [0.3, 0.4) is 0 Å². The summed E-state index contributed by atoms with van der Waals surface area (Å²) >= 11 is 12.2. The van der Waals surface area contributed by atoms with Crippen LogP contribution in [-0.4, -0.2) is 98.5 Å². The monoisotopic (exact) mass is 682 g/mol. The number of piperazine rings is 2. The molecule has 1 amide bonds. The lowest BCUT2D eigenvalue weighted by Crippen LogP contribution is -2.69. The van der Waals surface area contributed by atoms with Crippen molar-refractivity contribution in [3.63, 3.8) is 0 Å². The van der Waals surface area contributed by atoms with E-state index in [1.54, 1.807) is 11.2 Å². The molecule has 0 radical (unpaired) electrons. The van der Waals surface area contributed by atoms with Gasteiger partial charge < -0.3 is 28.9 Å². The van der Waals surface area contributed by atoms with Crippen LogP contribution in [0.15, 0.2) is 30.2 Å². The van der Waals surface area contributed by atoms with Crippen LogP contribution in [0.25, 0.3) is 10.9 Å². The maximum Gasteiger partial charge on any atom is 0.409 e. The minimum atomic E-state index is -1.36. The molecule has 0 aliphatic carbocycles. The zero-order chi connectivity index (χ0) is 31.8. The summed E-state index contributed by atoms with van der Waals surface area (Å²) in [6.45, 7) is 16.4. The van der Waals surface area contributed by atoms with Gasteiger partial charge in [-0.2, -0.15) is 4.98 Å². The summed E-state index contributed by atoms with van der Waals surface area (Å²) in [4.78, 5) is 32.0. The molecule has 5 rings (SSSR count). The van der Waals surface area contributed by atoms with E-state index >= 15 is 0 Å². The summed E-state index contributed by atoms with van der Waals surface area (Å²) in [5.41, 5.74) is 0.0168. The largest absolute Gasteiger partial charge is 0.477 e. The number of hydrogen-bond acceptors (Lipinski definition) is 9. The molecule has 3 aliphatic rings. The Morgan fingerprint density at radius 1 is 1.00 bits per heavy atom. The van der Waals surface area contributed by atoms with E-state index in [0.29, 0.717) is 62.9 Å². The summed E-state index contributed by atoms with van der Waals surface area (Å²) in [6.07, 6.45) is 5.44. The van der Waals surface area contributed by atoms with Crippen molar-refractivity contribution in [2.24, 2.45) is 0 Å². The Bertz CT molecular complexity index is 1440. The third-order valence-corrected chi connectivity index (χ3v) is 11.8. The Hall–Kier alpha value is -2.62. The van der Waals surface area contributed by atoms with Crippen molar-refractivity contribution in [3.05, 3.63) is 46.4 Å². The first-order valence-corrected chi connectivity index (χ1v) is 23.2. The van der Waals surface area contributed by atoms with Crippen LogP contribution in [0, 0.1) is 5.82 Å². The van der Waals surface area contributed by atoms with Gasteiger partial charge in [0.2, 0.25) is 11.2 Å². The van der Waals surface area contributed by atoms with Crippen LogP contribution in [0.5, 0.6) is 0 Å². The Labute approximate surface area is 270 Å². The van der Waals surface area contributed by atoms with Crippen LogP contribution in [0.2, 0.25) is 61.8 Å². The van der Waals surface area contributed by atoms with E-state index in [1.807, 2.05) is 6.08 Å². The van der Waals surface area contributed by atoms with Crippen LogP contribution in [0.1, 0.15) is 6.42 Å². The highest BCUT2D eigenvalue weighted by molar-refractivity contribution is 6.76. The number of ether oxygens (including phenoxy) is 3. The number of amides is 1. The van der Waals surface area contributed by atoms with Crippen molar-refractivity contribution >= 4 is 62.2 Å². The molecule has 2 atom stereocenters. The topological polar surface area (TPSA) is 93.2 Å². The summed E-state index contributed by atoms with van der Waals surface area (Å²) < 4.78 is 33.1.